The molecule has 0 N–H and O–H groups in total. The van der Waals surface area contributed by atoms with Crippen molar-refractivity contribution < 1.29 is 8.42 Å². The van der Waals surface area contributed by atoms with E-state index in [1.165, 1.54) is 6.92 Å². The monoisotopic (exact) mass is 211 g/mol. The van der Waals surface area contributed by atoms with Gasteiger partial charge in [0, 0.05) is 0 Å². The maximum atomic E-state index is 11.7. The molecule has 1 atom stereocenters. The highest BCUT2D eigenvalue weighted by molar-refractivity contribution is 7.92. The van der Waals surface area contributed by atoms with Gasteiger partial charge in [-0.05, 0) is 32.7 Å². The molecule has 0 spiro atoms. The summed E-state index contributed by atoms with van der Waals surface area (Å²) in [6.45, 7) is 6.67. The van der Waals surface area contributed by atoms with Crippen LogP contribution in [0.15, 0.2) is 34.2 Å². The standard InChI is InChI=1S/C10H13NO2S/c1-8-4-6-10(7-5-8)14(12,13)9(2)11-3/h4-7,9H,3H2,1-2H3. The molecule has 0 aliphatic rings. The van der Waals surface area contributed by atoms with Gasteiger partial charge in [-0.25, -0.2) is 8.42 Å². The largest absolute Gasteiger partial charge is 0.281 e. The third kappa shape index (κ3) is 2.01. The number of hydrogen-bond donors (Lipinski definition) is 0. The van der Waals surface area contributed by atoms with Crippen molar-refractivity contribution in [1.29, 1.82) is 0 Å². The maximum Gasteiger partial charge on any atom is 0.200 e. The van der Waals surface area contributed by atoms with Gasteiger partial charge < -0.3 is 0 Å². The van der Waals surface area contributed by atoms with E-state index >= 15 is 0 Å². The molecule has 1 aromatic carbocycles. The summed E-state index contributed by atoms with van der Waals surface area (Å²) < 4.78 is 23.5. The van der Waals surface area contributed by atoms with Gasteiger partial charge in [-0.3, -0.25) is 4.99 Å². The molecule has 4 heteroatoms. The second-order valence-corrected chi connectivity index (χ2v) is 5.38. The lowest BCUT2D eigenvalue weighted by molar-refractivity contribution is 0.586. The second-order valence-electron chi connectivity index (χ2n) is 3.14. The normalized spacial score (nSPS) is 13.6. The summed E-state index contributed by atoms with van der Waals surface area (Å²) >= 11 is 0. The Bertz CT molecular complexity index is 420. The molecule has 0 saturated carbocycles. The molecule has 1 aromatic rings. The van der Waals surface area contributed by atoms with Crippen molar-refractivity contribution in [3.63, 3.8) is 0 Å². The fraction of sp³-hybridized carbons (Fsp3) is 0.300. The van der Waals surface area contributed by atoms with Gasteiger partial charge in [-0.1, -0.05) is 17.7 Å². The van der Waals surface area contributed by atoms with Crippen LogP contribution in [0.2, 0.25) is 0 Å². The van der Waals surface area contributed by atoms with E-state index in [4.69, 9.17) is 0 Å². The van der Waals surface area contributed by atoms with Gasteiger partial charge in [0.2, 0.25) is 9.84 Å². The molecule has 1 rings (SSSR count). The fourth-order valence-corrected chi connectivity index (χ4v) is 2.13. The quantitative estimate of drug-likeness (QED) is 0.716. The van der Waals surface area contributed by atoms with E-state index in [1.807, 2.05) is 6.92 Å². The van der Waals surface area contributed by atoms with Crippen molar-refractivity contribution in [1.82, 2.24) is 0 Å². The lowest BCUT2D eigenvalue weighted by Crippen LogP contribution is -2.15. The molecule has 0 amide bonds. The zero-order valence-electron chi connectivity index (χ0n) is 8.27. The second kappa shape index (κ2) is 3.92. The average molecular weight is 211 g/mol. The minimum atomic E-state index is -3.33. The first-order valence-corrected chi connectivity index (χ1v) is 5.79. The van der Waals surface area contributed by atoms with E-state index < -0.39 is 15.2 Å². The molecular formula is C10H13NO2S. The van der Waals surface area contributed by atoms with Crippen LogP contribution in [0.5, 0.6) is 0 Å². The fourth-order valence-electron chi connectivity index (χ4n) is 1.02. The van der Waals surface area contributed by atoms with Crippen LogP contribution in [-0.4, -0.2) is 20.5 Å². The zero-order valence-corrected chi connectivity index (χ0v) is 9.08. The van der Waals surface area contributed by atoms with Crippen LogP contribution in [-0.2, 0) is 9.84 Å². The molecule has 0 fully saturated rings. The van der Waals surface area contributed by atoms with Crippen LogP contribution in [0.4, 0.5) is 0 Å². The molecule has 76 valence electrons. The van der Waals surface area contributed by atoms with Gasteiger partial charge in [0.15, 0.2) is 5.37 Å². The Labute approximate surface area is 84.4 Å². The van der Waals surface area contributed by atoms with Crippen molar-refractivity contribution in [2.45, 2.75) is 24.1 Å². The van der Waals surface area contributed by atoms with Gasteiger partial charge in [0.25, 0.3) is 0 Å². The Morgan fingerprint density at radius 3 is 2.21 bits per heavy atom. The van der Waals surface area contributed by atoms with Gasteiger partial charge in [-0.15, -0.1) is 0 Å². The van der Waals surface area contributed by atoms with E-state index in [2.05, 4.69) is 11.7 Å². The number of sulfone groups is 1. The van der Waals surface area contributed by atoms with Crippen molar-refractivity contribution >= 4 is 16.6 Å². The van der Waals surface area contributed by atoms with Crippen LogP contribution in [0.25, 0.3) is 0 Å². The van der Waals surface area contributed by atoms with E-state index in [9.17, 15) is 8.42 Å². The summed E-state index contributed by atoms with van der Waals surface area (Å²) in [5.74, 6) is 0. The Kier molecular flexibility index (Phi) is 3.06. The summed E-state index contributed by atoms with van der Waals surface area (Å²) in [4.78, 5) is 3.82. The molecule has 14 heavy (non-hydrogen) atoms. The zero-order chi connectivity index (χ0) is 10.8. The van der Waals surface area contributed by atoms with Gasteiger partial charge in [0.05, 0.1) is 4.90 Å². The van der Waals surface area contributed by atoms with Crippen molar-refractivity contribution in [2.75, 3.05) is 0 Å². The Hall–Kier alpha value is -1.16. The predicted molar refractivity (Wildman–Crippen MR) is 57.4 cm³/mol. The van der Waals surface area contributed by atoms with Crippen LogP contribution in [0.3, 0.4) is 0 Å². The van der Waals surface area contributed by atoms with E-state index in [-0.39, 0.29) is 0 Å². The SMILES string of the molecule is C=NC(C)S(=O)(=O)c1ccc(C)cc1. The smallest absolute Gasteiger partial charge is 0.200 e. The Morgan fingerprint density at radius 2 is 1.79 bits per heavy atom. The van der Waals surface area contributed by atoms with Gasteiger partial charge in [0.1, 0.15) is 0 Å². The topological polar surface area (TPSA) is 46.5 Å². The number of aryl methyl sites for hydroxylation is 1. The Morgan fingerprint density at radius 1 is 1.29 bits per heavy atom. The molecule has 3 nitrogen and oxygen atoms in total. The molecule has 0 aliphatic heterocycles. The summed E-state index contributed by atoms with van der Waals surface area (Å²) in [5, 5.41) is -0.787. The first-order valence-electron chi connectivity index (χ1n) is 4.25. The predicted octanol–water partition coefficient (Wildman–Crippen LogP) is 1.82. The highest BCUT2D eigenvalue weighted by Crippen LogP contribution is 2.16. The van der Waals surface area contributed by atoms with Crippen molar-refractivity contribution in [2.24, 2.45) is 4.99 Å². The average Bonchev–Trinajstić information content (AvgIpc) is 2.17. The highest BCUT2D eigenvalue weighted by atomic mass is 32.2. The number of nitrogens with zero attached hydrogens (tertiary/aromatic N) is 1. The van der Waals surface area contributed by atoms with Crippen LogP contribution < -0.4 is 0 Å². The summed E-state index contributed by atoms with van der Waals surface area (Å²) in [6.07, 6.45) is 0. The minimum absolute atomic E-state index is 0.294. The Balaban J connectivity index is 3.17. The number of benzene rings is 1. The third-order valence-corrected chi connectivity index (χ3v) is 4.03. The van der Waals surface area contributed by atoms with E-state index in [1.54, 1.807) is 24.3 Å². The number of hydrogen-bond acceptors (Lipinski definition) is 3. The van der Waals surface area contributed by atoms with Crippen LogP contribution in [0.1, 0.15) is 12.5 Å². The molecule has 0 aromatic heterocycles. The first-order chi connectivity index (χ1) is 6.48. The number of aliphatic imine (C=N–C) groups is 1. The van der Waals surface area contributed by atoms with E-state index in [0.29, 0.717) is 4.90 Å². The molecule has 0 aliphatic carbocycles. The third-order valence-electron chi connectivity index (χ3n) is 2.06. The van der Waals surface area contributed by atoms with Crippen LogP contribution in [0, 0.1) is 6.92 Å². The van der Waals surface area contributed by atoms with E-state index in [0.717, 1.165) is 5.56 Å². The lowest BCUT2D eigenvalue weighted by atomic mass is 10.2. The molecule has 0 bridgehead atoms. The summed E-state index contributed by atoms with van der Waals surface area (Å²) in [5.41, 5.74) is 1.03. The molecular weight excluding hydrogens is 198 g/mol. The molecule has 0 heterocycles. The minimum Gasteiger partial charge on any atom is -0.281 e. The summed E-state index contributed by atoms with van der Waals surface area (Å²) in [6, 6.07) is 6.71. The van der Waals surface area contributed by atoms with Crippen molar-refractivity contribution in [3.8, 4) is 0 Å². The summed E-state index contributed by atoms with van der Waals surface area (Å²) in [7, 11) is -3.33. The van der Waals surface area contributed by atoms with Gasteiger partial charge >= 0.3 is 0 Å². The molecule has 0 saturated heterocycles. The molecule has 1 unspecified atom stereocenters. The number of rotatable bonds is 3. The lowest BCUT2D eigenvalue weighted by Gasteiger charge is -2.07. The van der Waals surface area contributed by atoms with Crippen LogP contribution >= 0.6 is 0 Å². The molecule has 0 radical (unpaired) electrons. The highest BCUT2D eigenvalue weighted by Gasteiger charge is 2.20. The maximum absolute atomic E-state index is 11.7. The van der Waals surface area contributed by atoms with Crippen molar-refractivity contribution in [3.05, 3.63) is 29.8 Å². The first kappa shape index (κ1) is 10.9. The van der Waals surface area contributed by atoms with Gasteiger partial charge in [-0.2, -0.15) is 0 Å².